The van der Waals surface area contributed by atoms with E-state index in [-0.39, 0.29) is 0 Å². The molecule has 1 fully saturated rings. The Labute approximate surface area is 155 Å². The summed E-state index contributed by atoms with van der Waals surface area (Å²) in [6, 6.07) is 4.05. The summed E-state index contributed by atoms with van der Waals surface area (Å²) in [6.07, 6.45) is 4.55. The molecule has 2 heterocycles. The molecular formula is C20H32N4O2. The molecule has 0 unspecified atom stereocenters. The maximum absolute atomic E-state index is 10.2. The van der Waals surface area contributed by atoms with Gasteiger partial charge in [-0.25, -0.2) is 0 Å². The van der Waals surface area contributed by atoms with Crippen LogP contribution in [0.5, 0.6) is 0 Å². The third-order valence-corrected chi connectivity index (χ3v) is 5.49. The summed E-state index contributed by atoms with van der Waals surface area (Å²) in [5, 5.41) is 25.8. The van der Waals surface area contributed by atoms with Crippen LogP contribution >= 0.6 is 0 Å². The molecule has 3 rings (SSSR count). The number of nitrogen functional groups attached to an aromatic ring is 1. The van der Waals surface area contributed by atoms with Crippen LogP contribution in [0.15, 0.2) is 18.3 Å². The van der Waals surface area contributed by atoms with E-state index in [4.69, 9.17) is 5.73 Å². The summed E-state index contributed by atoms with van der Waals surface area (Å²) in [5.74, 6) is 0.324. The molecule has 0 amide bonds. The highest BCUT2D eigenvalue weighted by molar-refractivity contribution is 5.89. The molecule has 0 atom stereocenters. The average molecular weight is 361 g/mol. The SMILES string of the molecule is CC(C)(O)CCn1cc2cc(N)c(N3CCC(C(C)(C)O)CC3)cc2n1. The summed E-state index contributed by atoms with van der Waals surface area (Å²) in [4.78, 5) is 2.30. The Morgan fingerprint density at radius 3 is 2.38 bits per heavy atom. The second kappa shape index (κ2) is 6.74. The quantitative estimate of drug-likeness (QED) is 0.714. The first-order chi connectivity index (χ1) is 12.0. The van der Waals surface area contributed by atoms with Crippen LogP contribution in [-0.2, 0) is 6.54 Å². The van der Waals surface area contributed by atoms with E-state index in [1.807, 2.05) is 44.6 Å². The van der Waals surface area contributed by atoms with Gasteiger partial charge in [0.1, 0.15) is 0 Å². The van der Waals surface area contributed by atoms with Gasteiger partial charge in [0.05, 0.1) is 28.1 Å². The number of aryl methyl sites for hydroxylation is 1. The third kappa shape index (κ3) is 4.30. The number of benzene rings is 1. The van der Waals surface area contributed by atoms with E-state index in [1.165, 1.54) is 0 Å². The summed E-state index contributed by atoms with van der Waals surface area (Å²) >= 11 is 0. The molecule has 1 saturated heterocycles. The van der Waals surface area contributed by atoms with Gasteiger partial charge >= 0.3 is 0 Å². The van der Waals surface area contributed by atoms with Crippen molar-refractivity contribution in [3.8, 4) is 0 Å². The lowest BCUT2D eigenvalue weighted by Gasteiger charge is -2.39. The van der Waals surface area contributed by atoms with Crippen molar-refractivity contribution >= 4 is 22.3 Å². The highest BCUT2D eigenvalue weighted by atomic mass is 16.3. The Hall–Kier alpha value is -1.79. The molecule has 144 valence electrons. The number of nitrogens with zero attached hydrogens (tertiary/aromatic N) is 3. The van der Waals surface area contributed by atoms with E-state index < -0.39 is 11.2 Å². The Balaban J connectivity index is 1.76. The number of piperidine rings is 1. The van der Waals surface area contributed by atoms with Crippen molar-refractivity contribution < 1.29 is 10.2 Å². The Morgan fingerprint density at radius 1 is 1.15 bits per heavy atom. The summed E-state index contributed by atoms with van der Waals surface area (Å²) < 4.78 is 1.88. The summed E-state index contributed by atoms with van der Waals surface area (Å²) in [7, 11) is 0. The Morgan fingerprint density at radius 2 is 1.81 bits per heavy atom. The lowest BCUT2D eigenvalue weighted by atomic mass is 9.83. The van der Waals surface area contributed by atoms with E-state index in [9.17, 15) is 10.2 Å². The average Bonchev–Trinajstić information content (AvgIpc) is 2.92. The number of hydrogen-bond donors (Lipinski definition) is 3. The molecule has 6 heteroatoms. The number of anilines is 2. The van der Waals surface area contributed by atoms with Crippen LogP contribution in [0.2, 0.25) is 0 Å². The fourth-order valence-electron chi connectivity index (χ4n) is 3.73. The van der Waals surface area contributed by atoms with Gasteiger partial charge in [-0.15, -0.1) is 0 Å². The van der Waals surface area contributed by atoms with Gasteiger partial charge in [-0.3, -0.25) is 4.68 Å². The van der Waals surface area contributed by atoms with Gasteiger partial charge in [-0.05, 0) is 65.0 Å². The molecule has 0 saturated carbocycles. The van der Waals surface area contributed by atoms with Crippen LogP contribution in [0, 0.1) is 5.92 Å². The molecule has 1 aliphatic heterocycles. The second-order valence-electron chi connectivity index (χ2n) is 8.84. The summed E-state index contributed by atoms with van der Waals surface area (Å²) in [5.41, 5.74) is 7.71. The molecule has 1 aliphatic rings. The van der Waals surface area contributed by atoms with Crippen molar-refractivity contribution in [3.05, 3.63) is 18.3 Å². The zero-order valence-corrected chi connectivity index (χ0v) is 16.4. The van der Waals surface area contributed by atoms with Crippen molar-refractivity contribution in [3.63, 3.8) is 0 Å². The Kier molecular flexibility index (Phi) is 4.92. The van der Waals surface area contributed by atoms with Crippen molar-refractivity contribution in [2.75, 3.05) is 23.7 Å². The van der Waals surface area contributed by atoms with Gasteiger partial charge in [0.25, 0.3) is 0 Å². The van der Waals surface area contributed by atoms with Crippen LogP contribution in [-0.4, -0.2) is 44.3 Å². The Bertz CT molecular complexity index is 762. The lowest BCUT2D eigenvalue weighted by molar-refractivity contribution is 0.00652. The largest absolute Gasteiger partial charge is 0.397 e. The normalized spacial score (nSPS) is 17.2. The maximum atomic E-state index is 10.2. The molecule has 0 aliphatic carbocycles. The molecular weight excluding hydrogens is 328 g/mol. The zero-order chi connectivity index (χ0) is 19.1. The van der Waals surface area contributed by atoms with E-state index >= 15 is 0 Å². The number of aliphatic hydroxyl groups is 2. The van der Waals surface area contributed by atoms with Gasteiger partial charge < -0.3 is 20.8 Å². The van der Waals surface area contributed by atoms with E-state index in [1.54, 1.807) is 0 Å². The first kappa shape index (κ1) is 19.0. The van der Waals surface area contributed by atoms with Crippen LogP contribution in [0.25, 0.3) is 10.9 Å². The molecule has 4 N–H and O–H groups in total. The van der Waals surface area contributed by atoms with Gasteiger partial charge in [0, 0.05) is 31.2 Å². The molecule has 26 heavy (non-hydrogen) atoms. The number of nitrogens with two attached hydrogens (primary N) is 1. The molecule has 1 aromatic carbocycles. The molecule has 2 aromatic rings. The van der Waals surface area contributed by atoms with E-state index in [0.29, 0.717) is 18.9 Å². The number of hydrogen-bond acceptors (Lipinski definition) is 5. The van der Waals surface area contributed by atoms with Gasteiger partial charge in [-0.1, -0.05) is 0 Å². The zero-order valence-electron chi connectivity index (χ0n) is 16.4. The van der Waals surface area contributed by atoms with Gasteiger partial charge in [0.2, 0.25) is 0 Å². The van der Waals surface area contributed by atoms with Gasteiger partial charge in [0.15, 0.2) is 0 Å². The predicted octanol–water partition coefficient (Wildman–Crippen LogP) is 2.77. The smallest absolute Gasteiger partial charge is 0.0945 e. The van der Waals surface area contributed by atoms with Crippen molar-refractivity contribution in [1.29, 1.82) is 0 Å². The molecule has 0 radical (unpaired) electrons. The molecule has 0 bridgehead atoms. The van der Waals surface area contributed by atoms with Crippen LogP contribution in [0.4, 0.5) is 11.4 Å². The standard InChI is InChI=1S/C20H32N4O2/c1-19(2,25)7-10-24-13-14-11-16(21)18(12-17(14)22-24)23-8-5-15(6-9-23)20(3,4)26/h11-13,15,25-26H,5-10,21H2,1-4H3. The van der Waals surface area contributed by atoms with Crippen LogP contribution in [0.1, 0.15) is 47.0 Å². The second-order valence-corrected chi connectivity index (χ2v) is 8.84. The predicted molar refractivity (Wildman–Crippen MR) is 106 cm³/mol. The fraction of sp³-hybridized carbons (Fsp3) is 0.650. The number of aromatic nitrogens is 2. The monoisotopic (exact) mass is 360 g/mol. The molecule has 1 aromatic heterocycles. The van der Waals surface area contributed by atoms with E-state index in [0.717, 1.165) is 48.2 Å². The number of fused-ring (bicyclic) bond motifs is 1. The third-order valence-electron chi connectivity index (χ3n) is 5.49. The number of rotatable bonds is 5. The highest BCUT2D eigenvalue weighted by Gasteiger charge is 2.31. The highest BCUT2D eigenvalue weighted by Crippen LogP contribution is 2.34. The van der Waals surface area contributed by atoms with Crippen molar-refractivity contribution in [2.24, 2.45) is 5.92 Å². The van der Waals surface area contributed by atoms with Crippen LogP contribution < -0.4 is 10.6 Å². The minimum Gasteiger partial charge on any atom is -0.397 e. The molecule has 0 spiro atoms. The first-order valence-corrected chi connectivity index (χ1v) is 9.49. The first-order valence-electron chi connectivity index (χ1n) is 9.49. The topological polar surface area (TPSA) is 87.5 Å². The van der Waals surface area contributed by atoms with E-state index in [2.05, 4.69) is 16.1 Å². The van der Waals surface area contributed by atoms with Crippen LogP contribution in [0.3, 0.4) is 0 Å². The van der Waals surface area contributed by atoms with Gasteiger partial charge in [-0.2, -0.15) is 5.10 Å². The maximum Gasteiger partial charge on any atom is 0.0945 e. The minimum absolute atomic E-state index is 0.324. The fourth-order valence-corrected chi connectivity index (χ4v) is 3.73. The lowest BCUT2D eigenvalue weighted by Crippen LogP contribution is -2.42. The van der Waals surface area contributed by atoms with Crippen molar-refractivity contribution in [2.45, 2.75) is 64.7 Å². The molecule has 6 nitrogen and oxygen atoms in total. The summed E-state index contributed by atoms with van der Waals surface area (Å²) in [6.45, 7) is 9.87. The van der Waals surface area contributed by atoms with Crippen molar-refractivity contribution in [1.82, 2.24) is 9.78 Å². The minimum atomic E-state index is -0.701.